The maximum atomic E-state index is 11.7. The molecule has 1 atom stereocenters. The Bertz CT molecular complexity index is 237. The smallest absolute Gasteiger partial charge is 0.410 e. The van der Waals surface area contributed by atoms with Crippen molar-refractivity contribution in [2.75, 3.05) is 26.2 Å². The molecule has 0 aromatic rings. The molecule has 1 N–H and O–H groups in total. The second kappa shape index (κ2) is 4.39. The Morgan fingerprint density at radius 3 is 2.93 bits per heavy atom. The number of hydrogen-bond donors (Lipinski definition) is 1. The largest absolute Gasteiger partial charge is 0.449 e. The van der Waals surface area contributed by atoms with E-state index in [1.165, 1.54) is 0 Å². The number of carbonyl (C=O) groups is 1. The number of ether oxygens (including phenoxy) is 1. The van der Waals surface area contributed by atoms with E-state index in [2.05, 4.69) is 12.2 Å². The molecule has 2 rings (SSSR count). The molecule has 4 nitrogen and oxygen atoms in total. The first-order valence-electron chi connectivity index (χ1n) is 5.94. The fraction of sp³-hybridized carbons (Fsp3) is 0.909. The fourth-order valence-corrected chi connectivity index (χ4v) is 2.38. The summed E-state index contributed by atoms with van der Waals surface area (Å²) in [6, 6.07) is 0. The summed E-state index contributed by atoms with van der Waals surface area (Å²) in [5.41, 5.74) is 0.100. The third-order valence-electron chi connectivity index (χ3n) is 3.54. The number of amides is 1. The minimum absolute atomic E-state index is 0.100. The van der Waals surface area contributed by atoms with Gasteiger partial charge in [-0.2, -0.15) is 0 Å². The minimum atomic E-state index is -0.113. The normalized spacial score (nSPS) is 29.3. The molecular weight excluding hydrogens is 192 g/mol. The highest BCUT2D eigenvalue weighted by atomic mass is 16.6. The lowest BCUT2D eigenvalue weighted by atomic mass is 9.84. The first-order valence-corrected chi connectivity index (χ1v) is 5.94. The Labute approximate surface area is 91.0 Å². The standard InChI is InChI=1S/C11H20N2O2/c1-2-3-8-15-10(14)13-7-5-11(13)4-6-12-9-11/h12H,2-9H2,1H3. The molecule has 4 heteroatoms. The number of carbonyl (C=O) groups excluding carboxylic acids is 1. The van der Waals surface area contributed by atoms with E-state index >= 15 is 0 Å². The van der Waals surface area contributed by atoms with Crippen molar-refractivity contribution < 1.29 is 9.53 Å². The molecular formula is C11H20N2O2. The van der Waals surface area contributed by atoms with Crippen LogP contribution in [-0.2, 0) is 4.74 Å². The Morgan fingerprint density at radius 2 is 2.40 bits per heavy atom. The third kappa shape index (κ3) is 1.95. The zero-order valence-corrected chi connectivity index (χ0v) is 9.42. The number of rotatable bonds is 3. The summed E-state index contributed by atoms with van der Waals surface area (Å²) in [6.07, 6.45) is 4.13. The number of unbranched alkanes of at least 4 members (excludes halogenated alkanes) is 1. The van der Waals surface area contributed by atoms with Gasteiger partial charge < -0.3 is 15.0 Å². The first kappa shape index (κ1) is 10.7. The summed E-state index contributed by atoms with van der Waals surface area (Å²) in [5, 5.41) is 3.32. The molecule has 0 saturated carbocycles. The van der Waals surface area contributed by atoms with E-state index in [0.717, 1.165) is 45.3 Å². The molecule has 2 saturated heterocycles. The lowest BCUT2D eigenvalue weighted by Gasteiger charge is -2.49. The summed E-state index contributed by atoms with van der Waals surface area (Å²) in [4.78, 5) is 13.6. The van der Waals surface area contributed by atoms with Gasteiger partial charge in [0.1, 0.15) is 0 Å². The van der Waals surface area contributed by atoms with E-state index in [-0.39, 0.29) is 11.6 Å². The van der Waals surface area contributed by atoms with Crippen LogP contribution in [0.2, 0.25) is 0 Å². The molecule has 86 valence electrons. The number of hydrogen-bond acceptors (Lipinski definition) is 3. The monoisotopic (exact) mass is 212 g/mol. The van der Waals surface area contributed by atoms with Crippen molar-refractivity contribution >= 4 is 6.09 Å². The van der Waals surface area contributed by atoms with E-state index in [9.17, 15) is 4.79 Å². The van der Waals surface area contributed by atoms with Crippen LogP contribution in [0.15, 0.2) is 0 Å². The van der Waals surface area contributed by atoms with Crippen LogP contribution in [-0.4, -0.2) is 42.8 Å². The van der Waals surface area contributed by atoms with Gasteiger partial charge in [0.25, 0.3) is 0 Å². The maximum absolute atomic E-state index is 11.7. The van der Waals surface area contributed by atoms with Crippen molar-refractivity contribution in [2.24, 2.45) is 0 Å². The highest BCUT2D eigenvalue weighted by Crippen LogP contribution is 2.36. The van der Waals surface area contributed by atoms with Crippen molar-refractivity contribution in [2.45, 2.75) is 38.1 Å². The first-order chi connectivity index (χ1) is 7.28. The fourth-order valence-electron chi connectivity index (χ4n) is 2.38. The zero-order valence-electron chi connectivity index (χ0n) is 9.42. The van der Waals surface area contributed by atoms with Crippen molar-refractivity contribution in [1.29, 1.82) is 0 Å². The van der Waals surface area contributed by atoms with Crippen LogP contribution < -0.4 is 5.32 Å². The summed E-state index contributed by atoms with van der Waals surface area (Å²) in [5.74, 6) is 0. The molecule has 2 heterocycles. The molecule has 2 fully saturated rings. The van der Waals surface area contributed by atoms with Gasteiger partial charge >= 0.3 is 6.09 Å². The molecule has 1 unspecified atom stereocenters. The molecule has 2 aliphatic heterocycles. The Morgan fingerprint density at radius 1 is 1.53 bits per heavy atom. The van der Waals surface area contributed by atoms with E-state index in [1.54, 1.807) is 0 Å². The molecule has 2 aliphatic rings. The molecule has 0 bridgehead atoms. The lowest BCUT2D eigenvalue weighted by molar-refractivity contribution is -0.00344. The van der Waals surface area contributed by atoms with Crippen molar-refractivity contribution in [3.63, 3.8) is 0 Å². The van der Waals surface area contributed by atoms with Crippen LogP contribution in [0.1, 0.15) is 32.6 Å². The summed E-state index contributed by atoms with van der Waals surface area (Å²) in [6.45, 7) is 5.50. The lowest BCUT2D eigenvalue weighted by Crippen LogP contribution is -2.63. The van der Waals surface area contributed by atoms with Crippen LogP contribution in [0.3, 0.4) is 0 Å². The SMILES string of the molecule is CCCCOC(=O)N1CCC12CCNC2. The van der Waals surface area contributed by atoms with Crippen LogP contribution >= 0.6 is 0 Å². The quantitative estimate of drug-likeness (QED) is 0.718. The topological polar surface area (TPSA) is 41.6 Å². The third-order valence-corrected chi connectivity index (χ3v) is 3.54. The van der Waals surface area contributed by atoms with Crippen LogP contribution in [0.25, 0.3) is 0 Å². The molecule has 0 radical (unpaired) electrons. The molecule has 1 spiro atoms. The average molecular weight is 212 g/mol. The molecule has 0 aliphatic carbocycles. The van der Waals surface area contributed by atoms with Gasteiger partial charge in [0.15, 0.2) is 0 Å². The molecule has 15 heavy (non-hydrogen) atoms. The van der Waals surface area contributed by atoms with Crippen LogP contribution in [0.5, 0.6) is 0 Å². The van der Waals surface area contributed by atoms with Gasteiger partial charge in [-0.15, -0.1) is 0 Å². The predicted molar refractivity (Wildman–Crippen MR) is 57.8 cm³/mol. The average Bonchev–Trinajstić information content (AvgIpc) is 2.67. The highest BCUT2D eigenvalue weighted by Gasteiger charge is 2.49. The Balaban J connectivity index is 1.80. The van der Waals surface area contributed by atoms with Crippen molar-refractivity contribution in [1.82, 2.24) is 10.2 Å². The van der Waals surface area contributed by atoms with Crippen LogP contribution in [0, 0.1) is 0 Å². The predicted octanol–water partition coefficient (Wildman–Crippen LogP) is 1.36. The summed E-state index contributed by atoms with van der Waals surface area (Å²) < 4.78 is 5.23. The number of nitrogens with zero attached hydrogens (tertiary/aromatic N) is 1. The van der Waals surface area contributed by atoms with Crippen LogP contribution in [0.4, 0.5) is 4.79 Å². The van der Waals surface area contributed by atoms with Gasteiger partial charge in [-0.3, -0.25) is 0 Å². The summed E-state index contributed by atoms with van der Waals surface area (Å²) >= 11 is 0. The minimum Gasteiger partial charge on any atom is -0.449 e. The van der Waals surface area contributed by atoms with Gasteiger partial charge in [0.05, 0.1) is 12.1 Å². The molecule has 0 aromatic carbocycles. The number of nitrogens with one attached hydrogen (secondary N) is 1. The molecule has 0 aromatic heterocycles. The van der Waals surface area contributed by atoms with Crippen molar-refractivity contribution in [3.8, 4) is 0 Å². The van der Waals surface area contributed by atoms with E-state index in [1.807, 2.05) is 4.90 Å². The van der Waals surface area contributed by atoms with E-state index in [0.29, 0.717) is 6.61 Å². The maximum Gasteiger partial charge on any atom is 0.410 e. The van der Waals surface area contributed by atoms with Gasteiger partial charge in [-0.05, 0) is 25.8 Å². The number of likely N-dealkylation sites (tertiary alicyclic amines) is 1. The second-order valence-corrected chi connectivity index (χ2v) is 4.52. The zero-order chi connectivity index (χ0) is 10.7. The van der Waals surface area contributed by atoms with E-state index < -0.39 is 0 Å². The van der Waals surface area contributed by atoms with Gasteiger partial charge in [0, 0.05) is 13.1 Å². The Hall–Kier alpha value is -0.770. The molecule has 1 amide bonds. The van der Waals surface area contributed by atoms with E-state index in [4.69, 9.17) is 4.74 Å². The second-order valence-electron chi connectivity index (χ2n) is 4.52. The van der Waals surface area contributed by atoms with Gasteiger partial charge in [0.2, 0.25) is 0 Å². The Kier molecular flexibility index (Phi) is 3.14. The van der Waals surface area contributed by atoms with Crippen molar-refractivity contribution in [3.05, 3.63) is 0 Å². The van der Waals surface area contributed by atoms with Gasteiger partial charge in [-0.25, -0.2) is 4.79 Å². The van der Waals surface area contributed by atoms with Gasteiger partial charge in [-0.1, -0.05) is 13.3 Å². The summed E-state index contributed by atoms with van der Waals surface area (Å²) in [7, 11) is 0. The highest BCUT2D eigenvalue weighted by molar-refractivity contribution is 5.70.